The van der Waals surface area contributed by atoms with E-state index in [9.17, 15) is 4.79 Å². The van der Waals surface area contributed by atoms with Gasteiger partial charge in [0.15, 0.2) is 0 Å². The van der Waals surface area contributed by atoms with Crippen LogP contribution in [-0.2, 0) is 70.2 Å². The van der Waals surface area contributed by atoms with Gasteiger partial charge >= 0.3 is 0 Å². The second-order valence-corrected chi connectivity index (χ2v) is 1.75. The van der Waals surface area contributed by atoms with Crippen LogP contribution in [-0.4, -0.2) is 18.7 Å². The van der Waals surface area contributed by atoms with Gasteiger partial charge in [-0.2, -0.15) is 0 Å². The second kappa shape index (κ2) is 7.14. The molecule has 0 bridgehead atoms. The van der Waals surface area contributed by atoms with Crippen LogP contribution >= 0.6 is 0 Å². The van der Waals surface area contributed by atoms with Crippen LogP contribution in [0.25, 0.3) is 5.32 Å². The zero-order chi connectivity index (χ0) is 5.98. The third-order valence-electron chi connectivity index (χ3n) is 1.15. The predicted octanol–water partition coefficient (Wildman–Crippen LogP) is 1.28. The van der Waals surface area contributed by atoms with E-state index in [2.05, 4.69) is 5.32 Å². The van der Waals surface area contributed by atoms with Gasteiger partial charge in [0.05, 0.1) is 6.10 Å². The molecule has 2 radical (unpaired) electrons. The first-order valence-electron chi connectivity index (χ1n) is 2.71. The van der Waals surface area contributed by atoms with Gasteiger partial charge in [-0.15, -0.1) is 0 Å². The predicted molar refractivity (Wildman–Crippen MR) is 28.8 cm³/mol. The van der Waals surface area contributed by atoms with Crippen molar-refractivity contribution in [3.05, 3.63) is 5.32 Å². The Morgan fingerprint density at radius 2 is 2.30 bits per heavy atom. The first kappa shape index (κ1) is 14.0. The van der Waals surface area contributed by atoms with Crippen LogP contribution in [0.15, 0.2) is 0 Å². The van der Waals surface area contributed by atoms with E-state index in [1.54, 1.807) is 0 Å². The minimum Gasteiger partial charge on any atom is -0.614 e. The molecule has 3 nitrogen and oxygen atoms in total. The monoisotopic (exact) mass is 292 g/mol. The van der Waals surface area contributed by atoms with Crippen LogP contribution in [0.4, 0.5) is 4.79 Å². The van der Waals surface area contributed by atoms with Crippen LogP contribution in [0, 0.1) is 0 Å². The van der Waals surface area contributed by atoms with E-state index in [0.717, 1.165) is 6.42 Å². The first-order chi connectivity index (χ1) is 3.83. The summed E-state index contributed by atoms with van der Waals surface area (Å²) in [5.41, 5.74) is 0. The van der Waals surface area contributed by atoms with Crippen molar-refractivity contribution in [1.29, 1.82) is 0 Å². The van der Waals surface area contributed by atoms with Gasteiger partial charge in [0.1, 0.15) is 0 Å². The molecule has 52 valence electrons. The van der Waals surface area contributed by atoms with Crippen molar-refractivity contribution < 1.29 is 74.9 Å². The van der Waals surface area contributed by atoms with Crippen molar-refractivity contribution in [3.8, 4) is 0 Å². The maximum absolute atomic E-state index is 10.2. The summed E-state index contributed by atoms with van der Waals surface area (Å²) in [6, 6.07) is 0. The summed E-state index contributed by atoms with van der Waals surface area (Å²) in [5, 5.41) is 3.53. The minimum atomic E-state index is -0.406. The molecule has 1 rings (SSSR count). The first-order valence-corrected chi connectivity index (χ1v) is 2.71. The van der Waals surface area contributed by atoms with E-state index in [-0.39, 0.29) is 71.5 Å². The molecule has 1 amide bonds. The molecule has 5 heteroatoms. The number of carbonyl (C=O) groups excluding carboxylic acids is 1. The molecule has 10 heavy (non-hydrogen) atoms. The molecule has 0 N–H and O–H groups in total. The van der Waals surface area contributed by atoms with Gasteiger partial charge in [0.25, 0.3) is 0 Å². The Hall–Kier alpha value is 1.48. The van der Waals surface area contributed by atoms with Crippen LogP contribution in [0.2, 0.25) is 0 Å². The summed E-state index contributed by atoms with van der Waals surface area (Å²) in [5.74, 6) is 0. The molecule has 0 saturated carbocycles. The van der Waals surface area contributed by atoms with Gasteiger partial charge in [0.2, 0.25) is 6.09 Å². The average Bonchev–Trinajstić information content (AvgIpc) is 2.14. The fraction of sp³-hybridized carbons (Fsp3) is 0.800. The molecule has 1 aliphatic heterocycles. The Bertz CT molecular complexity index is 110. The summed E-state index contributed by atoms with van der Waals surface area (Å²) >= 11 is 0. The molecule has 0 aliphatic carbocycles. The van der Waals surface area contributed by atoms with E-state index >= 15 is 0 Å². The molecule has 0 aromatic carbocycles. The van der Waals surface area contributed by atoms with Crippen molar-refractivity contribution in [3.63, 3.8) is 0 Å². The number of nitrogens with zero attached hydrogens (tertiary/aromatic N) is 1. The van der Waals surface area contributed by atoms with Gasteiger partial charge in [-0.05, 0) is 6.42 Å². The summed E-state index contributed by atoms with van der Waals surface area (Å²) in [6.45, 7) is 2.52. The molecule has 1 saturated heterocycles. The van der Waals surface area contributed by atoms with Crippen LogP contribution in [0.3, 0.4) is 0 Å². The molecule has 0 aromatic heterocycles. The largest absolute Gasteiger partial charge is 0.614 e. The minimum absolute atomic E-state index is 0. The number of ether oxygens (including phenoxy) is 1. The number of hydrogen-bond acceptors (Lipinski definition) is 2. The topological polar surface area (TPSA) is 40.4 Å². The van der Waals surface area contributed by atoms with Crippen LogP contribution in [0.1, 0.15) is 13.3 Å². The Labute approximate surface area is 111 Å². The Balaban J connectivity index is 0. The number of rotatable bonds is 1. The number of amides is 1. The fourth-order valence-corrected chi connectivity index (χ4v) is 0.606. The van der Waals surface area contributed by atoms with Crippen LogP contribution in [0.5, 0.6) is 0 Å². The van der Waals surface area contributed by atoms with E-state index in [4.69, 9.17) is 4.74 Å². The number of hydrogen-bond donors (Lipinski definition) is 0. The van der Waals surface area contributed by atoms with E-state index in [0.29, 0.717) is 6.54 Å². The van der Waals surface area contributed by atoms with Crippen molar-refractivity contribution in [2.45, 2.75) is 19.4 Å². The van der Waals surface area contributed by atoms with Crippen molar-refractivity contribution in [1.82, 2.24) is 0 Å². The van der Waals surface area contributed by atoms with Gasteiger partial charge in [-0.1, -0.05) is 13.5 Å². The van der Waals surface area contributed by atoms with Gasteiger partial charge < -0.3 is 10.1 Å². The molecule has 0 spiro atoms. The maximum atomic E-state index is 10.2. The van der Waals surface area contributed by atoms with Crippen LogP contribution < -0.4 is 0 Å². The standard InChI is InChI=1S/C5H9NO2.2Y/c1-2-4-3-6-5(7)8-4;;/h4H,2-3H2,1H3,(H,6,7);;/p-1. The average molecular weight is 292 g/mol. The summed E-state index contributed by atoms with van der Waals surface area (Å²) in [6.07, 6.45) is 0.522. The van der Waals surface area contributed by atoms with Crippen molar-refractivity contribution >= 4 is 6.09 Å². The Morgan fingerprint density at radius 1 is 1.70 bits per heavy atom. The van der Waals surface area contributed by atoms with E-state index < -0.39 is 6.09 Å². The summed E-state index contributed by atoms with van der Waals surface area (Å²) in [4.78, 5) is 10.2. The normalized spacial score (nSPS) is 21.7. The zero-order valence-electron chi connectivity index (χ0n) is 5.91. The maximum Gasteiger partial charge on any atom is 0.229 e. The molecule has 1 aliphatic rings. The molecule has 1 unspecified atom stereocenters. The molecule has 1 atom stereocenters. The zero-order valence-corrected chi connectivity index (χ0v) is 11.6. The molecular weight excluding hydrogens is 284 g/mol. The molecule has 1 fully saturated rings. The van der Waals surface area contributed by atoms with Gasteiger partial charge in [-0.25, -0.2) is 0 Å². The second-order valence-electron chi connectivity index (χ2n) is 1.75. The quantitative estimate of drug-likeness (QED) is 0.730. The number of cyclic esters (lactones) is 1. The van der Waals surface area contributed by atoms with E-state index in [1.807, 2.05) is 6.92 Å². The Morgan fingerprint density at radius 3 is 2.50 bits per heavy atom. The fourth-order valence-electron chi connectivity index (χ4n) is 0.606. The summed E-state index contributed by atoms with van der Waals surface area (Å²) in [7, 11) is 0. The number of carbonyl (C=O) groups is 1. The van der Waals surface area contributed by atoms with Crippen molar-refractivity contribution in [2.24, 2.45) is 0 Å². The smallest absolute Gasteiger partial charge is 0.229 e. The van der Waals surface area contributed by atoms with Gasteiger partial charge in [-0.3, -0.25) is 4.79 Å². The SMILES string of the molecule is CCC1C[N-]C(=O)O1.[Y].[Y]. The summed E-state index contributed by atoms with van der Waals surface area (Å²) < 4.78 is 4.70. The van der Waals surface area contributed by atoms with E-state index in [1.165, 1.54) is 0 Å². The van der Waals surface area contributed by atoms with Gasteiger partial charge in [0, 0.05) is 65.4 Å². The molecular formula is C5H8NO2Y2-. The third-order valence-corrected chi connectivity index (χ3v) is 1.15. The molecule has 0 aromatic rings. The molecule has 1 heterocycles. The third kappa shape index (κ3) is 4.38. The Kier molecular flexibility index (Phi) is 10.0. The van der Waals surface area contributed by atoms with Crippen molar-refractivity contribution in [2.75, 3.05) is 6.54 Å².